The molecular weight excluding hydrogens is 504 g/mol. The Labute approximate surface area is 236 Å². The highest BCUT2D eigenvalue weighted by Crippen LogP contribution is 2.40. The van der Waals surface area contributed by atoms with E-state index in [2.05, 4.69) is 105 Å². The number of nitrogens with zero attached hydrogens (tertiary/aromatic N) is 4. The molecule has 5 aromatic carbocycles. The lowest BCUT2D eigenvalue weighted by Crippen LogP contribution is -2.10. The third-order valence-corrected chi connectivity index (χ3v) is 7.45. The van der Waals surface area contributed by atoms with Crippen molar-refractivity contribution in [3.63, 3.8) is 0 Å². The van der Waals surface area contributed by atoms with E-state index in [1.54, 1.807) is 6.20 Å². The number of anilines is 3. The number of fused-ring (bicyclic) bond motifs is 8. The highest BCUT2D eigenvalue weighted by atomic mass is 16.5. The Hall–Kier alpha value is -5.68. The maximum atomic E-state index is 6.10. The van der Waals surface area contributed by atoms with Crippen molar-refractivity contribution >= 4 is 55.4 Å². The second-order valence-corrected chi connectivity index (χ2v) is 9.94. The Morgan fingerprint density at radius 3 is 2.17 bits per heavy atom. The molecule has 0 bridgehead atoms. The van der Waals surface area contributed by atoms with Crippen LogP contribution < -0.4 is 9.64 Å². The van der Waals surface area contributed by atoms with Crippen LogP contribution in [0.15, 0.2) is 146 Å². The summed E-state index contributed by atoms with van der Waals surface area (Å²) in [5, 5.41) is 3.47. The number of benzene rings is 5. The molecule has 8 rings (SSSR count). The molecule has 3 aromatic heterocycles. The summed E-state index contributed by atoms with van der Waals surface area (Å²) in [7, 11) is 0. The number of para-hydroxylation sites is 4. The van der Waals surface area contributed by atoms with Gasteiger partial charge >= 0.3 is 0 Å². The molecule has 0 N–H and O–H groups in total. The molecule has 5 nitrogen and oxygen atoms in total. The Kier molecular flexibility index (Phi) is 5.38. The van der Waals surface area contributed by atoms with Crippen LogP contribution in [-0.2, 0) is 0 Å². The standard InChI is InChI=1S/C36H24N4O/c1-2-11-25(12-3-1)39(26-13-10-14-28(23-26)41-35-19-8-9-22-37-35)27-20-21-29-30-15-4-6-17-33(30)40-34-18-7-5-16-32(34)38-36(40)31(29)24-27/h1-24H. The van der Waals surface area contributed by atoms with Gasteiger partial charge in [-0.25, -0.2) is 9.97 Å². The summed E-state index contributed by atoms with van der Waals surface area (Å²) >= 11 is 0. The molecule has 0 saturated carbocycles. The zero-order chi connectivity index (χ0) is 27.2. The van der Waals surface area contributed by atoms with Gasteiger partial charge in [-0.15, -0.1) is 0 Å². The van der Waals surface area contributed by atoms with E-state index < -0.39 is 0 Å². The molecule has 0 unspecified atom stereocenters. The lowest BCUT2D eigenvalue weighted by atomic mass is 10.0. The van der Waals surface area contributed by atoms with Crippen molar-refractivity contribution in [1.29, 1.82) is 0 Å². The SMILES string of the molecule is c1ccc(N(c2cccc(Oc3ccccn3)c2)c2ccc3c4ccccc4n4c5ccccc5nc4c3c2)cc1. The predicted molar refractivity (Wildman–Crippen MR) is 167 cm³/mol. The van der Waals surface area contributed by atoms with Crippen molar-refractivity contribution in [1.82, 2.24) is 14.4 Å². The largest absolute Gasteiger partial charge is 0.439 e. The molecule has 41 heavy (non-hydrogen) atoms. The van der Waals surface area contributed by atoms with Crippen LogP contribution in [0.2, 0.25) is 0 Å². The lowest BCUT2D eigenvalue weighted by molar-refractivity contribution is 0.463. The first-order valence-electron chi connectivity index (χ1n) is 13.6. The van der Waals surface area contributed by atoms with Gasteiger partial charge < -0.3 is 9.64 Å². The van der Waals surface area contributed by atoms with Gasteiger partial charge in [0.15, 0.2) is 0 Å². The maximum Gasteiger partial charge on any atom is 0.219 e. The van der Waals surface area contributed by atoms with E-state index in [4.69, 9.17) is 9.72 Å². The molecule has 0 aliphatic heterocycles. The fourth-order valence-electron chi connectivity index (χ4n) is 5.68. The van der Waals surface area contributed by atoms with Gasteiger partial charge in [-0.3, -0.25) is 4.40 Å². The first kappa shape index (κ1) is 23.2. The lowest BCUT2D eigenvalue weighted by Gasteiger charge is -2.26. The number of hydrogen-bond donors (Lipinski definition) is 0. The minimum atomic E-state index is 0.558. The summed E-state index contributed by atoms with van der Waals surface area (Å²) in [5.74, 6) is 1.28. The Balaban J connectivity index is 1.36. The fourth-order valence-corrected chi connectivity index (χ4v) is 5.68. The summed E-state index contributed by atoms with van der Waals surface area (Å²) < 4.78 is 8.38. The van der Waals surface area contributed by atoms with Crippen molar-refractivity contribution < 1.29 is 4.74 Å². The second-order valence-electron chi connectivity index (χ2n) is 9.94. The predicted octanol–water partition coefficient (Wildman–Crippen LogP) is 9.45. The first-order valence-corrected chi connectivity index (χ1v) is 13.6. The molecule has 0 atom stereocenters. The van der Waals surface area contributed by atoms with Crippen molar-refractivity contribution in [2.24, 2.45) is 0 Å². The minimum absolute atomic E-state index is 0.558. The zero-order valence-corrected chi connectivity index (χ0v) is 22.1. The number of rotatable bonds is 5. The summed E-state index contributed by atoms with van der Waals surface area (Å²) in [4.78, 5) is 11.7. The van der Waals surface area contributed by atoms with Gasteiger partial charge in [0, 0.05) is 46.2 Å². The van der Waals surface area contributed by atoms with Crippen molar-refractivity contribution in [2.75, 3.05) is 4.90 Å². The Morgan fingerprint density at radius 2 is 1.29 bits per heavy atom. The quantitative estimate of drug-likeness (QED) is 0.209. The number of ether oxygens (including phenoxy) is 1. The molecule has 194 valence electrons. The summed E-state index contributed by atoms with van der Waals surface area (Å²) in [6.07, 6.45) is 1.73. The molecule has 0 radical (unpaired) electrons. The van der Waals surface area contributed by atoms with E-state index in [9.17, 15) is 0 Å². The molecule has 0 fully saturated rings. The maximum absolute atomic E-state index is 6.10. The van der Waals surface area contributed by atoms with Gasteiger partial charge in [-0.05, 0) is 66.0 Å². The van der Waals surface area contributed by atoms with E-state index in [0.717, 1.165) is 50.4 Å². The Morgan fingerprint density at radius 1 is 0.537 bits per heavy atom. The fraction of sp³-hybridized carbons (Fsp3) is 0. The normalized spacial score (nSPS) is 11.4. The second kappa shape index (κ2) is 9.50. The molecule has 0 aliphatic rings. The van der Waals surface area contributed by atoms with Gasteiger partial charge in [-0.2, -0.15) is 0 Å². The Bertz CT molecular complexity index is 2190. The van der Waals surface area contributed by atoms with E-state index in [1.165, 1.54) is 10.8 Å². The molecular formula is C36H24N4O. The third-order valence-electron chi connectivity index (χ3n) is 7.45. The summed E-state index contributed by atoms with van der Waals surface area (Å²) in [6, 6.07) is 47.7. The first-order chi connectivity index (χ1) is 20.3. The van der Waals surface area contributed by atoms with Gasteiger partial charge in [-0.1, -0.05) is 66.7 Å². The minimum Gasteiger partial charge on any atom is -0.439 e. The van der Waals surface area contributed by atoms with E-state index >= 15 is 0 Å². The highest BCUT2D eigenvalue weighted by Gasteiger charge is 2.18. The van der Waals surface area contributed by atoms with Crippen LogP contribution in [-0.4, -0.2) is 14.4 Å². The van der Waals surface area contributed by atoms with Crippen LogP contribution in [0.4, 0.5) is 17.1 Å². The van der Waals surface area contributed by atoms with Crippen LogP contribution in [0.1, 0.15) is 0 Å². The van der Waals surface area contributed by atoms with Crippen LogP contribution in [0.25, 0.3) is 38.4 Å². The third kappa shape index (κ3) is 3.95. The van der Waals surface area contributed by atoms with Crippen LogP contribution in [0, 0.1) is 0 Å². The molecule has 0 spiro atoms. The number of pyridine rings is 2. The van der Waals surface area contributed by atoms with E-state index in [-0.39, 0.29) is 0 Å². The van der Waals surface area contributed by atoms with Crippen molar-refractivity contribution in [3.05, 3.63) is 146 Å². The van der Waals surface area contributed by atoms with Crippen molar-refractivity contribution in [3.8, 4) is 11.6 Å². The smallest absolute Gasteiger partial charge is 0.219 e. The number of imidazole rings is 1. The zero-order valence-electron chi connectivity index (χ0n) is 22.1. The van der Waals surface area contributed by atoms with Crippen LogP contribution >= 0.6 is 0 Å². The molecule has 0 aliphatic carbocycles. The molecule has 5 heteroatoms. The average molecular weight is 529 g/mol. The van der Waals surface area contributed by atoms with Crippen molar-refractivity contribution in [2.45, 2.75) is 0 Å². The van der Waals surface area contributed by atoms with Gasteiger partial charge in [0.2, 0.25) is 5.88 Å². The molecule has 8 aromatic rings. The summed E-state index contributed by atoms with van der Waals surface area (Å²) in [5.41, 5.74) is 7.24. The highest BCUT2D eigenvalue weighted by molar-refractivity contribution is 6.14. The summed E-state index contributed by atoms with van der Waals surface area (Å²) in [6.45, 7) is 0. The van der Waals surface area contributed by atoms with Gasteiger partial charge in [0.05, 0.1) is 16.6 Å². The van der Waals surface area contributed by atoms with Gasteiger partial charge in [0.1, 0.15) is 11.4 Å². The monoisotopic (exact) mass is 528 g/mol. The molecule has 0 saturated heterocycles. The average Bonchev–Trinajstić information content (AvgIpc) is 3.43. The van der Waals surface area contributed by atoms with Gasteiger partial charge in [0.25, 0.3) is 0 Å². The van der Waals surface area contributed by atoms with E-state index in [1.807, 2.05) is 48.5 Å². The number of hydrogen-bond acceptors (Lipinski definition) is 4. The van der Waals surface area contributed by atoms with Crippen LogP contribution in [0.3, 0.4) is 0 Å². The topological polar surface area (TPSA) is 42.7 Å². The van der Waals surface area contributed by atoms with Crippen LogP contribution in [0.5, 0.6) is 11.6 Å². The molecule has 3 heterocycles. The van der Waals surface area contributed by atoms with E-state index in [0.29, 0.717) is 5.88 Å². The number of aromatic nitrogens is 3. The molecule has 0 amide bonds.